The summed E-state index contributed by atoms with van der Waals surface area (Å²) in [6.07, 6.45) is 2.73. The Labute approximate surface area is 105 Å². The Bertz CT molecular complexity index is 533. The second-order valence-electron chi connectivity index (χ2n) is 3.81. The number of nitrogens with two attached hydrogens (primary N) is 1. The van der Waals surface area contributed by atoms with Crippen LogP contribution in [-0.4, -0.2) is 12.1 Å². The van der Waals surface area contributed by atoms with Crippen LogP contribution in [0.1, 0.15) is 17.2 Å². The SMILES string of the molecule is COc1cccc(C(NN)c2cncc(F)c2)c1. The molecule has 1 atom stereocenters. The predicted molar refractivity (Wildman–Crippen MR) is 66.4 cm³/mol. The Balaban J connectivity index is 2.38. The van der Waals surface area contributed by atoms with Gasteiger partial charge in [-0.3, -0.25) is 10.8 Å². The second-order valence-corrected chi connectivity index (χ2v) is 3.81. The minimum absolute atomic E-state index is 0.330. The van der Waals surface area contributed by atoms with Crippen LogP contribution in [0.2, 0.25) is 0 Å². The molecule has 2 rings (SSSR count). The molecule has 0 amide bonds. The van der Waals surface area contributed by atoms with Gasteiger partial charge in [-0.15, -0.1) is 0 Å². The van der Waals surface area contributed by atoms with Crippen LogP contribution in [0.3, 0.4) is 0 Å². The lowest BCUT2D eigenvalue weighted by atomic mass is 10.0. The molecule has 5 heteroatoms. The quantitative estimate of drug-likeness (QED) is 0.638. The van der Waals surface area contributed by atoms with E-state index >= 15 is 0 Å². The van der Waals surface area contributed by atoms with Gasteiger partial charge in [-0.2, -0.15) is 0 Å². The van der Waals surface area contributed by atoms with Crippen molar-refractivity contribution in [1.29, 1.82) is 0 Å². The molecular weight excluding hydrogens is 233 g/mol. The Morgan fingerprint density at radius 1 is 1.28 bits per heavy atom. The lowest BCUT2D eigenvalue weighted by Gasteiger charge is -2.17. The van der Waals surface area contributed by atoms with E-state index in [-0.39, 0.29) is 6.04 Å². The predicted octanol–water partition coefficient (Wildman–Crippen LogP) is 1.78. The number of nitrogens with zero attached hydrogens (tertiary/aromatic N) is 1. The van der Waals surface area contributed by atoms with Gasteiger partial charge in [0.2, 0.25) is 0 Å². The minimum Gasteiger partial charge on any atom is -0.497 e. The maximum absolute atomic E-state index is 13.2. The van der Waals surface area contributed by atoms with Crippen LogP contribution < -0.4 is 16.0 Å². The smallest absolute Gasteiger partial charge is 0.141 e. The average molecular weight is 247 g/mol. The fourth-order valence-electron chi connectivity index (χ4n) is 1.79. The first-order valence-corrected chi connectivity index (χ1v) is 5.45. The Morgan fingerprint density at radius 3 is 2.78 bits per heavy atom. The van der Waals surface area contributed by atoms with Crippen molar-refractivity contribution in [1.82, 2.24) is 10.4 Å². The number of hydrazine groups is 1. The highest BCUT2D eigenvalue weighted by molar-refractivity contribution is 5.35. The van der Waals surface area contributed by atoms with Gasteiger partial charge in [-0.25, -0.2) is 9.82 Å². The molecular formula is C13H14FN3O. The highest BCUT2D eigenvalue weighted by atomic mass is 19.1. The normalized spacial score (nSPS) is 12.2. The summed E-state index contributed by atoms with van der Waals surface area (Å²) in [6, 6.07) is 8.49. The lowest BCUT2D eigenvalue weighted by Crippen LogP contribution is -2.29. The maximum Gasteiger partial charge on any atom is 0.141 e. The molecule has 0 aliphatic rings. The molecule has 0 saturated heterocycles. The number of pyridine rings is 1. The Hall–Kier alpha value is -1.98. The van der Waals surface area contributed by atoms with Crippen LogP contribution in [0.15, 0.2) is 42.7 Å². The lowest BCUT2D eigenvalue weighted by molar-refractivity contribution is 0.413. The Morgan fingerprint density at radius 2 is 2.11 bits per heavy atom. The molecule has 1 unspecified atom stereocenters. The first-order chi connectivity index (χ1) is 8.74. The zero-order chi connectivity index (χ0) is 13.0. The molecule has 1 aromatic carbocycles. The average Bonchev–Trinajstić information content (AvgIpc) is 2.40. The molecule has 94 valence electrons. The molecule has 0 saturated carbocycles. The monoisotopic (exact) mass is 247 g/mol. The van der Waals surface area contributed by atoms with Crippen molar-refractivity contribution in [2.45, 2.75) is 6.04 Å². The molecule has 4 nitrogen and oxygen atoms in total. The topological polar surface area (TPSA) is 60.2 Å². The number of ether oxygens (including phenoxy) is 1. The number of benzene rings is 1. The first kappa shape index (κ1) is 12.5. The third-order valence-corrected chi connectivity index (χ3v) is 2.65. The number of hydrogen-bond donors (Lipinski definition) is 2. The van der Waals surface area contributed by atoms with E-state index in [1.54, 1.807) is 13.3 Å². The molecule has 0 radical (unpaired) electrons. The van der Waals surface area contributed by atoms with Crippen molar-refractivity contribution in [3.63, 3.8) is 0 Å². The third-order valence-electron chi connectivity index (χ3n) is 2.65. The zero-order valence-electron chi connectivity index (χ0n) is 9.93. The summed E-state index contributed by atoms with van der Waals surface area (Å²) in [4.78, 5) is 3.82. The van der Waals surface area contributed by atoms with Crippen LogP contribution in [0.4, 0.5) is 4.39 Å². The summed E-state index contributed by atoms with van der Waals surface area (Å²) in [6.45, 7) is 0. The maximum atomic E-state index is 13.2. The van der Waals surface area contributed by atoms with E-state index in [0.29, 0.717) is 5.56 Å². The highest BCUT2D eigenvalue weighted by Crippen LogP contribution is 2.24. The molecule has 0 aliphatic heterocycles. The number of nitrogens with one attached hydrogen (secondary N) is 1. The fraction of sp³-hybridized carbons (Fsp3) is 0.154. The van der Waals surface area contributed by atoms with E-state index in [9.17, 15) is 4.39 Å². The fourth-order valence-corrected chi connectivity index (χ4v) is 1.79. The van der Waals surface area contributed by atoms with Crippen LogP contribution in [0.5, 0.6) is 5.75 Å². The Kier molecular flexibility index (Phi) is 3.86. The zero-order valence-corrected chi connectivity index (χ0v) is 9.93. The third kappa shape index (κ3) is 2.64. The summed E-state index contributed by atoms with van der Waals surface area (Å²) in [5.74, 6) is 5.86. The molecule has 0 fully saturated rings. The number of hydrogen-bond acceptors (Lipinski definition) is 4. The van der Waals surface area contributed by atoms with Crippen LogP contribution in [-0.2, 0) is 0 Å². The molecule has 0 aliphatic carbocycles. The highest BCUT2D eigenvalue weighted by Gasteiger charge is 2.14. The summed E-state index contributed by atoms with van der Waals surface area (Å²) in [5, 5.41) is 0. The largest absolute Gasteiger partial charge is 0.497 e. The second kappa shape index (κ2) is 5.57. The van der Waals surface area contributed by atoms with E-state index in [0.717, 1.165) is 17.5 Å². The molecule has 1 heterocycles. The summed E-state index contributed by atoms with van der Waals surface area (Å²) in [7, 11) is 1.59. The van der Waals surface area contributed by atoms with Crippen molar-refractivity contribution in [3.05, 3.63) is 59.7 Å². The van der Waals surface area contributed by atoms with Crippen LogP contribution in [0.25, 0.3) is 0 Å². The van der Waals surface area contributed by atoms with Gasteiger partial charge in [0.05, 0.1) is 19.3 Å². The van der Waals surface area contributed by atoms with Crippen molar-refractivity contribution in [2.24, 2.45) is 5.84 Å². The molecule has 0 bridgehead atoms. The van der Waals surface area contributed by atoms with Crippen molar-refractivity contribution in [3.8, 4) is 5.75 Å². The number of rotatable bonds is 4. The number of methoxy groups -OCH3 is 1. The molecule has 1 aromatic heterocycles. The number of aromatic nitrogens is 1. The summed E-state index contributed by atoms with van der Waals surface area (Å²) < 4.78 is 18.3. The number of halogens is 1. The first-order valence-electron chi connectivity index (χ1n) is 5.45. The van der Waals surface area contributed by atoms with E-state index in [2.05, 4.69) is 10.4 Å². The van der Waals surface area contributed by atoms with Crippen molar-refractivity contribution in [2.75, 3.05) is 7.11 Å². The van der Waals surface area contributed by atoms with E-state index in [1.165, 1.54) is 6.07 Å². The molecule has 0 spiro atoms. The standard InChI is InChI=1S/C13H14FN3O/c1-18-12-4-2-3-9(6-12)13(17-15)10-5-11(14)8-16-7-10/h2-8,13,17H,15H2,1H3. The van der Waals surface area contributed by atoms with E-state index in [1.807, 2.05) is 24.3 Å². The molecule has 2 aromatic rings. The van der Waals surface area contributed by atoms with Gasteiger partial charge < -0.3 is 4.74 Å². The van der Waals surface area contributed by atoms with Gasteiger partial charge in [-0.1, -0.05) is 12.1 Å². The van der Waals surface area contributed by atoms with Gasteiger partial charge >= 0.3 is 0 Å². The van der Waals surface area contributed by atoms with Gasteiger partial charge in [0.1, 0.15) is 11.6 Å². The summed E-state index contributed by atoms with van der Waals surface area (Å²) >= 11 is 0. The van der Waals surface area contributed by atoms with E-state index < -0.39 is 5.82 Å². The van der Waals surface area contributed by atoms with Gasteiger partial charge in [0.25, 0.3) is 0 Å². The van der Waals surface area contributed by atoms with E-state index in [4.69, 9.17) is 10.6 Å². The van der Waals surface area contributed by atoms with Crippen LogP contribution in [0, 0.1) is 5.82 Å². The van der Waals surface area contributed by atoms with Crippen molar-refractivity contribution >= 4 is 0 Å². The van der Waals surface area contributed by atoms with Crippen molar-refractivity contribution < 1.29 is 9.13 Å². The van der Waals surface area contributed by atoms with Gasteiger partial charge in [-0.05, 0) is 29.3 Å². The molecule has 18 heavy (non-hydrogen) atoms. The summed E-state index contributed by atoms with van der Waals surface area (Å²) in [5.41, 5.74) is 4.19. The van der Waals surface area contributed by atoms with Gasteiger partial charge in [0, 0.05) is 6.20 Å². The minimum atomic E-state index is -0.393. The van der Waals surface area contributed by atoms with Crippen LogP contribution >= 0.6 is 0 Å². The van der Waals surface area contributed by atoms with Gasteiger partial charge in [0.15, 0.2) is 0 Å². The molecule has 3 N–H and O–H groups in total.